The van der Waals surface area contributed by atoms with Gasteiger partial charge in [-0.1, -0.05) is 6.08 Å². The smallest absolute Gasteiger partial charge is 0.0122 e. The summed E-state index contributed by atoms with van der Waals surface area (Å²) in [5.74, 6) is 0. The average Bonchev–Trinajstić information content (AvgIpc) is 1.80. The summed E-state index contributed by atoms with van der Waals surface area (Å²) in [6, 6.07) is 0. The van der Waals surface area contributed by atoms with Crippen molar-refractivity contribution < 1.29 is 0 Å². The minimum absolute atomic E-state index is 0.295. The van der Waals surface area contributed by atoms with E-state index in [-0.39, 0.29) is 0 Å². The van der Waals surface area contributed by atoms with Crippen LogP contribution in [0.25, 0.3) is 0 Å². The van der Waals surface area contributed by atoms with Crippen molar-refractivity contribution in [2.24, 2.45) is 0 Å². The van der Waals surface area contributed by atoms with Gasteiger partial charge in [0.05, 0.1) is 0 Å². The fraction of sp³-hybridized carbons (Fsp3) is 0.778. The Kier molecular flexibility index (Phi) is 3.66. The maximum Gasteiger partial charge on any atom is 0.0122 e. The van der Waals surface area contributed by atoms with E-state index in [1.165, 1.54) is 0 Å². The largest absolute Gasteiger partial charge is 0.301 e. The number of rotatable bonds is 3. The molecule has 0 aliphatic carbocycles. The minimum Gasteiger partial charge on any atom is -0.301 e. The van der Waals surface area contributed by atoms with Gasteiger partial charge in [0.15, 0.2) is 0 Å². The molecule has 0 aromatic rings. The lowest BCUT2D eigenvalue weighted by molar-refractivity contribution is 0.179. The second kappa shape index (κ2) is 3.77. The zero-order valence-corrected chi connectivity index (χ0v) is 7.65. The molecule has 0 fully saturated rings. The Labute approximate surface area is 64.7 Å². The zero-order valence-electron chi connectivity index (χ0n) is 7.65. The van der Waals surface area contributed by atoms with E-state index >= 15 is 0 Å². The van der Waals surface area contributed by atoms with E-state index in [1.54, 1.807) is 0 Å². The lowest BCUT2D eigenvalue weighted by Crippen LogP contribution is -2.38. The maximum absolute atomic E-state index is 3.69. The standard InChI is InChI=1S/C9H19N/c1-6-7-8-10(5)9(2,3)4/h6H,1,7-8H2,2-5H3. The van der Waals surface area contributed by atoms with Crippen molar-refractivity contribution in [2.45, 2.75) is 32.7 Å². The molecule has 0 spiro atoms. The zero-order chi connectivity index (χ0) is 8.20. The molecule has 0 heterocycles. The third kappa shape index (κ3) is 3.67. The first-order valence-electron chi connectivity index (χ1n) is 3.80. The van der Waals surface area contributed by atoms with E-state index in [1.807, 2.05) is 6.08 Å². The second-order valence-corrected chi connectivity index (χ2v) is 3.67. The van der Waals surface area contributed by atoms with Crippen molar-refractivity contribution in [1.82, 2.24) is 4.90 Å². The summed E-state index contributed by atoms with van der Waals surface area (Å²) in [5.41, 5.74) is 0.295. The molecule has 1 heteroatoms. The molecule has 0 amide bonds. The number of hydrogen-bond acceptors (Lipinski definition) is 1. The normalized spacial score (nSPS) is 12.1. The van der Waals surface area contributed by atoms with Gasteiger partial charge in [0.2, 0.25) is 0 Å². The molecule has 0 aromatic carbocycles. The van der Waals surface area contributed by atoms with Gasteiger partial charge in [-0.15, -0.1) is 6.58 Å². The van der Waals surface area contributed by atoms with Gasteiger partial charge < -0.3 is 4.90 Å². The highest BCUT2D eigenvalue weighted by molar-refractivity contribution is 4.76. The predicted octanol–water partition coefficient (Wildman–Crippen LogP) is 2.29. The van der Waals surface area contributed by atoms with Gasteiger partial charge in [0, 0.05) is 12.1 Å². The van der Waals surface area contributed by atoms with Crippen LogP contribution in [-0.2, 0) is 0 Å². The van der Waals surface area contributed by atoms with Crippen LogP contribution in [-0.4, -0.2) is 24.0 Å². The van der Waals surface area contributed by atoms with Crippen LogP contribution >= 0.6 is 0 Å². The van der Waals surface area contributed by atoms with Crippen molar-refractivity contribution in [3.63, 3.8) is 0 Å². The highest BCUT2D eigenvalue weighted by atomic mass is 15.1. The molecule has 1 nitrogen and oxygen atoms in total. The number of hydrogen-bond donors (Lipinski definition) is 0. The molecule has 0 aliphatic heterocycles. The first-order chi connectivity index (χ1) is 4.48. The van der Waals surface area contributed by atoms with Crippen LogP contribution in [0.2, 0.25) is 0 Å². The van der Waals surface area contributed by atoms with Gasteiger partial charge in [0.25, 0.3) is 0 Å². The van der Waals surface area contributed by atoms with Crippen molar-refractivity contribution in [1.29, 1.82) is 0 Å². The molecule has 0 N–H and O–H groups in total. The topological polar surface area (TPSA) is 3.24 Å². The molecule has 10 heavy (non-hydrogen) atoms. The van der Waals surface area contributed by atoms with E-state index in [2.05, 4.69) is 39.3 Å². The molecule has 0 unspecified atom stereocenters. The van der Waals surface area contributed by atoms with Crippen LogP contribution in [0.1, 0.15) is 27.2 Å². The molecular formula is C9H19N. The monoisotopic (exact) mass is 141 g/mol. The Bertz CT molecular complexity index is 99.8. The summed E-state index contributed by atoms with van der Waals surface area (Å²) in [4.78, 5) is 2.33. The summed E-state index contributed by atoms with van der Waals surface area (Å²) in [7, 11) is 2.14. The molecule has 0 atom stereocenters. The molecular weight excluding hydrogens is 122 g/mol. The quantitative estimate of drug-likeness (QED) is 0.545. The third-order valence-corrected chi connectivity index (χ3v) is 1.81. The van der Waals surface area contributed by atoms with E-state index in [9.17, 15) is 0 Å². The molecule has 60 valence electrons. The Hall–Kier alpha value is -0.300. The molecule has 0 saturated carbocycles. The Balaban J connectivity index is 3.61. The molecule has 0 bridgehead atoms. The first-order valence-corrected chi connectivity index (χ1v) is 3.80. The summed E-state index contributed by atoms with van der Waals surface area (Å²) < 4.78 is 0. The van der Waals surface area contributed by atoms with Gasteiger partial charge in [0.1, 0.15) is 0 Å². The second-order valence-electron chi connectivity index (χ2n) is 3.67. The van der Waals surface area contributed by atoms with Crippen LogP contribution in [0.15, 0.2) is 12.7 Å². The number of nitrogens with zero attached hydrogens (tertiary/aromatic N) is 1. The Morgan fingerprint density at radius 3 is 2.20 bits per heavy atom. The van der Waals surface area contributed by atoms with Crippen LogP contribution in [0, 0.1) is 0 Å². The third-order valence-electron chi connectivity index (χ3n) is 1.81. The highest BCUT2D eigenvalue weighted by Gasteiger charge is 2.14. The van der Waals surface area contributed by atoms with Crippen molar-refractivity contribution in [2.75, 3.05) is 13.6 Å². The SMILES string of the molecule is C=CCCN(C)C(C)(C)C. The Morgan fingerprint density at radius 1 is 1.40 bits per heavy atom. The first kappa shape index (κ1) is 9.70. The lowest BCUT2D eigenvalue weighted by atomic mass is 10.1. The van der Waals surface area contributed by atoms with E-state index in [0.717, 1.165) is 13.0 Å². The molecule has 0 rings (SSSR count). The molecule has 0 aromatic heterocycles. The summed E-state index contributed by atoms with van der Waals surface area (Å²) in [6.07, 6.45) is 3.04. The Morgan fingerprint density at radius 2 is 1.90 bits per heavy atom. The van der Waals surface area contributed by atoms with Gasteiger partial charge in [-0.25, -0.2) is 0 Å². The fourth-order valence-corrected chi connectivity index (χ4v) is 0.620. The molecule has 0 saturated heterocycles. The van der Waals surface area contributed by atoms with Crippen LogP contribution in [0.5, 0.6) is 0 Å². The molecule has 0 aliphatic rings. The van der Waals surface area contributed by atoms with Gasteiger partial charge >= 0.3 is 0 Å². The van der Waals surface area contributed by atoms with E-state index in [0.29, 0.717) is 5.54 Å². The summed E-state index contributed by atoms with van der Waals surface area (Å²) >= 11 is 0. The predicted molar refractivity (Wildman–Crippen MR) is 47.2 cm³/mol. The summed E-state index contributed by atoms with van der Waals surface area (Å²) in [5, 5.41) is 0. The van der Waals surface area contributed by atoms with Crippen LogP contribution in [0.3, 0.4) is 0 Å². The van der Waals surface area contributed by atoms with Gasteiger partial charge in [-0.3, -0.25) is 0 Å². The fourth-order valence-electron chi connectivity index (χ4n) is 0.620. The van der Waals surface area contributed by atoms with Gasteiger partial charge in [-0.05, 0) is 34.2 Å². The van der Waals surface area contributed by atoms with E-state index in [4.69, 9.17) is 0 Å². The minimum atomic E-state index is 0.295. The van der Waals surface area contributed by atoms with Crippen LogP contribution < -0.4 is 0 Å². The molecule has 0 radical (unpaired) electrons. The average molecular weight is 141 g/mol. The van der Waals surface area contributed by atoms with Crippen molar-refractivity contribution in [3.8, 4) is 0 Å². The maximum atomic E-state index is 3.69. The lowest BCUT2D eigenvalue weighted by Gasteiger charge is -2.31. The van der Waals surface area contributed by atoms with Crippen LogP contribution in [0.4, 0.5) is 0 Å². The van der Waals surface area contributed by atoms with Crippen molar-refractivity contribution in [3.05, 3.63) is 12.7 Å². The van der Waals surface area contributed by atoms with E-state index < -0.39 is 0 Å². The highest BCUT2D eigenvalue weighted by Crippen LogP contribution is 2.09. The summed E-state index contributed by atoms with van der Waals surface area (Å²) in [6.45, 7) is 11.4. The van der Waals surface area contributed by atoms with Crippen molar-refractivity contribution >= 4 is 0 Å². The van der Waals surface area contributed by atoms with Gasteiger partial charge in [-0.2, -0.15) is 0 Å².